The predicted octanol–water partition coefficient (Wildman–Crippen LogP) is 2.58. The minimum Gasteiger partial charge on any atom is -0.507 e. The molecular weight excluding hydrogens is 260 g/mol. The number of phenols is 1. The lowest BCUT2D eigenvalue weighted by Crippen LogP contribution is -2.20. The molecule has 1 saturated carbocycles. The van der Waals surface area contributed by atoms with Crippen molar-refractivity contribution >= 4 is 21.9 Å². The first kappa shape index (κ1) is 10.5. The Bertz CT molecular complexity index is 436. The van der Waals surface area contributed by atoms with Crippen molar-refractivity contribution in [1.29, 1.82) is 0 Å². The number of phenolic OH excluding ortho intramolecular Hbond substituents is 1. The Labute approximate surface area is 95.9 Å². The Morgan fingerprint density at radius 1 is 1.47 bits per heavy atom. The first-order chi connectivity index (χ1) is 6.97. The van der Waals surface area contributed by atoms with E-state index < -0.39 is 11.4 Å². The molecule has 0 amide bonds. The second kappa shape index (κ2) is 3.23. The van der Waals surface area contributed by atoms with Gasteiger partial charge >= 0.3 is 5.97 Å². The molecule has 0 spiro atoms. The summed E-state index contributed by atoms with van der Waals surface area (Å²) in [7, 11) is 0. The Hall–Kier alpha value is -1.03. The standard InChI is InChI=1S/C11H11BrO3/c1-6-4-8(12)9(13)5-7(6)11(2-3-11)10(14)15/h4-5,13H,2-3H2,1H3,(H,14,15). The van der Waals surface area contributed by atoms with E-state index in [2.05, 4.69) is 15.9 Å². The summed E-state index contributed by atoms with van der Waals surface area (Å²) < 4.78 is 0.602. The number of aryl methyl sites for hydroxylation is 1. The lowest BCUT2D eigenvalue weighted by molar-refractivity contribution is -0.140. The van der Waals surface area contributed by atoms with Crippen LogP contribution in [-0.4, -0.2) is 16.2 Å². The average molecular weight is 271 g/mol. The fraction of sp³-hybridized carbons (Fsp3) is 0.364. The minimum atomic E-state index is -0.799. The molecule has 0 unspecified atom stereocenters. The molecule has 0 radical (unpaired) electrons. The van der Waals surface area contributed by atoms with Crippen molar-refractivity contribution in [3.8, 4) is 5.75 Å². The molecule has 80 valence electrons. The smallest absolute Gasteiger partial charge is 0.314 e. The molecule has 1 aliphatic carbocycles. The first-order valence-electron chi connectivity index (χ1n) is 4.70. The summed E-state index contributed by atoms with van der Waals surface area (Å²) in [4.78, 5) is 11.1. The third-order valence-corrected chi connectivity index (χ3v) is 3.60. The number of aliphatic carboxylic acids is 1. The number of hydrogen-bond donors (Lipinski definition) is 2. The number of carboxylic acids is 1. The van der Waals surface area contributed by atoms with Crippen molar-refractivity contribution in [2.75, 3.05) is 0 Å². The van der Waals surface area contributed by atoms with Gasteiger partial charge in [0, 0.05) is 0 Å². The van der Waals surface area contributed by atoms with Crippen LogP contribution in [-0.2, 0) is 10.2 Å². The number of benzene rings is 1. The van der Waals surface area contributed by atoms with Crippen molar-refractivity contribution in [2.24, 2.45) is 0 Å². The van der Waals surface area contributed by atoms with E-state index in [1.807, 2.05) is 6.92 Å². The lowest BCUT2D eigenvalue weighted by atomic mass is 9.92. The van der Waals surface area contributed by atoms with Gasteiger partial charge in [0.05, 0.1) is 9.89 Å². The van der Waals surface area contributed by atoms with Crippen molar-refractivity contribution < 1.29 is 15.0 Å². The van der Waals surface area contributed by atoms with E-state index in [0.717, 1.165) is 11.1 Å². The Morgan fingerprint density at radius 3 is 2.53 bits per heavy atom. The van der Waals surface area contributed by atoms with E-state index in [-0.39, 0.29) is 5.75 Å². The monoisotopic (exact) mass is 270 g/mol. The molecular formula is C11H11BrO3. The number of rotatable bonds is 2. The molecule has 2 rings (SSSR count). The summed E-state index contributed by atoms with van der Waals surface area (Å²) >= 11 is 3.21. The maximum atomic E-state index is 11.1. The van der Waals surface area contributed by atoms with Gasteiger partial charge < -0.3 is 10.2 Å². The van der Waals surface area contributed by atoms with Gasteiger partial charge in [0.1, 0.15) is 5.75 Å². The molecule has 0 saturated heterocycles. The second-order valence-electron chi connectivity index (χ2n) is 4.01. The molecule has 1 aromatic rings. The van der Waals surface area contributed by atoms with Gasteiger partial charge in [-0.2, -0.15) is 0 Å². The third kappa shape index (κ3) is 1.53. The summed E-state index contributed by atoms with van der Waals surface area (Å²) in [5.74, 6) is -0.699. The van der Waals surface area contributed by atoms with Crippen LogP contribution in [0.2, 0.25) is 0 Å². The molecule has 0 atom stereocenters. The van der Waals surface area contributed by atoms with E-state index in [9.17, 15) is 9.90 Å². The fourth-order valence-corrected chi connectivity index (χ4v) is 2.36. The zero-order valence-electron chi connectivity index (χ0n) is 8.25. The molecule has 15 heavy (non-hydrogen) atoms. The second-order valence-corrected chi connectivity index (χ2v) is 4.86. The Morgan fingerprint density at radius 2 is 2.07 bits per heavy atom. The molecule has 1 aliphatic rings. The highest BCUT2D eigenvalue weighted by Gasteiger charge is 2.52. The summed E-state index contributed by atoms with van der Waals surface area (Å²) in [6.07, 6.45) is 1.31. The van der Waals surface area contributed by atoms with Gasteiger partial charge in [-0.05, 0) is 59.0 Å². The maximum Gasteiger partial charge on any atom is 0.314 e. The average Bonchev–Trinajstić information content (AvgIpc) is 2.92. The molecule has 4 heteroatoms. The summed E-state index contributed by atoms with van der Waals surface area (Å²) in [6.45, 7) is 1.86. The highest BCUT2D eigenvalue weighted by molar-refractivity contribution is 9.10. The summed E-state index contributed by atoms with van der Waals surface area (Å²) in [5, 5.41) is 18.7. The highest BCUT2D eigenvalue weighted by atomic mass is 79.9. The van der Waals surface area contributed by atoms with Crippen LogP contribution < -0.4 is 0 Å². The van der Waals surface area contributed by atoms with Crippen LogP contribution in [0.1, 0.15) is 24.0 Å². The van der Waals surface area contributed by atoms with Crippen molar-refractivity contribution in [1.82, 2.24) is 0 Å². The molecule has 0 aromatic heterocycles. The van der Waals surface area contributed by atoms with E-state index in [1.54, 1.807) is 12.1 Å². The van der Waals surface area contributed by atoms with E-state index in [1.165, 1.54) is 0 Å². The predicted molar refractivity (Wildman–Crippen MR) is 59.1 cm³/mol. The quantitative estimate of drug-likeness (QED) is 0.869. The van der Waals surface area contributed by atoms with Gasteiger partial charge in [0.25, 0.3) is 0 Å². The normalized spacial score (nSPS) is 17.5. The van der Waals surface area contributed by atoms with Gasteiger partial charge in [-0.25, -0.2) is 0 Å². The van der Waals surface area contributed by atoms with Crippen molar-refractivity contribution in [3.63, 3.8) is 0 Å². The van der Waals surface area contributed by atoms with Crippen LogP contribution >= 0.6 is 15.9 Å². The third-order valence-electron chi connectivity index (χ3n) is 2.97. The molecule has 0 bridgehead atoms. The van der Waals surface area contributed by atoms with Crippen LogP contribution in [0.5, 0.6) is 5.75 Å². The Balaban J connectivity index is 2.54. The highest BCUT2D eigenvalue weighted by Crippen LogP contribution is 2.50. The van der Waals surface area contributed by atoms with Crippen LogP contribution in [0.3, 0.4) is 0 Å². The largest absolute Gasteiger partial charge is 0.507 e. The lowest BCUT2D eigenvalue weighted by Gasteiger charge is -2.14. The molecule has 0 aliphatic heterocycles. The topological polar surface area (TPSA) is 57.5 Å². The Kier molecular flexibility index (Phi) is 2.26. The van der Waals surface area contributed by atoms with Gasteiger partial charge in [-0.1, -0.05) is 0 Å². The first-order valence-corrected chi connectivity index (χ1v) is 5.50. The molecule has 3 nitrogen and oxygen atoms in total. The van der Waals surface area contributed by atoms with Crippen LogP contribution in [0.15, 0.2) is 16.6 Å². The summed E-state index contributed by atoms with van der Waals surface area (Å²) in [5.41, 5.74) is 0.887. The molecule has 0 heterocycles. The molecule has 1 fully saturated rings. The number of halogens is 1. The number of aromatic hydroxyl groups is 1. The number of carbonyl (C=O) groups is 1. The van der Waals surface area contributed by atoms with Crippen molar-refractivity contribution in [3.05, 3.63) is 27.7 Å². The zero-order valence-corrected chi connectivity index (χ0v) is 9.84. The molecule has 1 aromatic carbocycles. The zero-order chi connectivity index (χ0) is 11.2. The van der Waals surface area contributed by atoms with Gasteiger partial charge in [0.2, 0.25) is 0 Å². The van der Waals surface area contributed by atoms with Gasteiger partial charge in [-0.15, -0.1) is 0 Å². The van der Waals surface area contributed by atoms with E-state index >= 15 is 0 Å². The van der Waals surface area contributed by atoms with Crippen LogP contribution in [0, 0.1) is 6.92 Å². The van der Waals surface area contributed by atoms with Gasteiger partial charge in [-0.3, -0.25) is 4.79 Å². The van der Waals surface area contributed by atoms with Crippen LogP contribution in [0.25, 0.3) is 0 Å². The molecule has 2 N–H and O–H groups in total. The number of carboxylic acid groups (broad SMARTS) is 1. The summed E-state index contributed by atoms with van der Waals surface area (Å²) in [6, 6.07) is 3.31. The van der Waals surface area contributed by atoms with E-state index in [4.69, 9.17) is 5.11 Å². The number of hydrogen-bond acceptors (Lipinski definition) is 2. The van der Waals surface area contributed by atoms with E-state index in [0.29, 0.717) is 17.3 Å². The minimum absolute atomic E-state index is 0.100. The van der Waals surface area contributed by atoms with Gasteiger partial charge in [0.15, 0.2) is 0 Å². The SMILES string of the molecule is Cc1cc(Br)c(O)cc1C1(C(=O)O)CC1. The van der Waals surface area contributed by atoms with Crippen molar-refractivity contribution in [2.45, 2.75) is 25.2 Å². The fourth-order valence-electron chi connectivity index (χ4n) is 1.90. The maximum absolute atomic E-state index is 11.1. The van der Waals surface area contributed by atoms with Crippen LogP contribution in [0.4, 0.5) is 0 Å².